The lowest BCUT2D eigenvalue weighted by atomic mass is 9.91. The molecule has 1 aliphatic carbocycles. The first kappa shape index (κ1) is 19.0. The van der Waals surface area contributed by atoms with Crippen LogP contribution in [0.5, 0.6) is 0 Å². The molecular formula is C20H28FN5O2. The van der Waals surface area contributed by atoms with Gasteiger partial charge in [0.15, 0.2) is 5.82 Å². The maximum absolute atomic E-state index is 15.1. The maximum Gasteiger partial charge on any atom is 0.354 e. The number of halogens is 1. The zero-order chi connectivity index (χ0) is 20.3. The van der Waals surface area contributed by atoms with Gasteiger partial charge in [0.05, 0.1) is 17.4 Å². The Bertz CT molecular complexity index is 1050. The summed E-state index contributed by atoms with van der Waals surface area (Å²) in [4.78, 5) is 27.2. The molecule has 0 radical (unpaired) electrons. The van der Waals surface area contributed by atoms with Crippen LogP contribution in [0.25, 0.3) is 5.52 Å². The molecule has 1 saturated heterocycles. The molecule has 2 aliphatic rings. The molecule has 4 rings (SSSR count). The van der Waals surface area contributed by atoms with Crippen LogP contribution in [-0.4, -0.2) is 28.2 Å². The maximum atomic E-state index is 15.1. The van der Waals surface area contributed by atoms with Gasteiger partial charge < -0.3 is 16.5 Å². The van der Waals surface area contributed by atoms with E-state index in [1.807, 2.05) is 4.90 Å². The van der Waals surface area contributed by atoms with E-state index in [4.69, 9.17) is 11.6 Å². The second kappa shape index (κ2) is 6.62. The fourth-order valence-electron chi connectivity index (χ4n) is 4.60. The van der Waals surface area contributed by atoms with E-state index in [9.17, 15) is 9.59 Å². The molecule has 0 amide bonds. The van der Waals surface area contributed by atoms with E-state index in [2.05, 4.69) is 13.8 Å². The van der Waals surface area contributed by atoms with Crippen molar-refractivity contribution in [2.45, 2.75) is 52.0 Å². The molecule has 0 aromatic carbocycles. The molecule has 152 valence electrons. The Morgan fingerprint density at radius 3 is 2.50 bits per heavy atom. The van der Waals surface area contributed by atoms with Gasteiger partial charge in [-0.3, -0.25) is 9.20 Å². The van der Waals surface area contributed by atoms with Gasteiger partial charge in [-0.05, 0) is 43.9 Å². The normalized spacial score (nSPS) is 21.1. The number of nitrogen functional groups attached to an aromatic ring is 1. The summed E-state index contributed by atoms with van der Waals surface area (Å²) >= 11 is 0. The van der Waals surface area contributed by atoms with Crippen molar-refractivity contribution in [2.24, 2.45) is 17.6 Å². The van der Waals surface area contributed by atoms with E-state index in [1.54, 1.807) is 6.92 Å². The summed E-state index contributed by atoms with van der Waals surface area (Å²) < 4.78 is 16.9. The van der Waals surface area contributed by atoms with Gasteiger partial charge in [0.2, 0.25) is 0 Å². The van der Waals surface area contributed by atoms with Gasteiger partial charge in [0.1, 0.15) is 0 Å². The molecule has 3 heterocycles. The number of aryl methyl sites for hydroxylation is 1. The van der Waals surface area contributed by atoms with Crippen molar-refractivity contribution in [1.29, 1.82) is 0 Å². The zero-order valence-corrected chi connectivity index (χ0v) is 16.6. The van der Waals surface area contributed by atoms with Crippen LogP contribution >= 0.6 is 0 Å². The average molecular weight is 389 g/mol. The second-order valence-electron chi connectivity index (χ2n) is 8.63. The van der Waals surface area contributed by atoms with E-state index in [0.29, 0.717) is 46.0 Å². The SMILES string of the molecule is Cc1c(N2CCC(C(N)C(C)C)C2)c(F)cn2c(=O)n(N)c(=O)c(C3CC3)c12. The Morgan fingerprint density at radius 2 is 1.89 bits per heavy atom. The average Bonchev–Trinajstić information content (AvgIpc) is 3.37. The molecule has 0 bridgehead atoms. The van der Waals surface area contributed by atoms with E-state index < -0.39 is 17.1 Å². The summed E-state index contributed by atoms with van der Waals surface area (Å²) in [7, 11) is 0. The smallest absolute Gasteiger partial charge is 0.354 e. The predicted octanol–water partition coefficient (Wildman–Crippen LogP) is 1.31. The lowest BCUT2D eigenvalue weighted by Gasteiger charge is -2.26. The van der Waals surface area contributed by atoms with Gasteiger partial charge in [-0.15, -0.1) is 0 Å². The van der Waals surface area contributed by atoms with Gasteiger partial charge in [-0.1, -0.05) is 13.8 Å². The van der Waals surface area contributed by atoms with Crippen molar-refractivity contribution in [3.05, 3.63) is 44.0 Å². The number of anilines is 1. The first-order valence-electron chi connectivity index (χ1n) is 9.98. The van der Waals surface area contributed by atoms with Crippen LogP contribution in [0.3, 0.4) is 0 Å². The molecule has 2 atom stereocenters. The van der Waals surface area contributed by atoms with Crippen LogP contribution < -0.4 is 27.7 Å². The number of nitrogens with two attached hydrogens (primary N) is 2. The van der Waals surface area contributed by atoms with Crippen LogP contribution in [0, 0.1) is 24.6 Å². The number of nitrogens with zero attached hydrogens (tertiary/aromatic N) is 3. The highest BCUT2D eigenvalue weighted by molar-refractivity contribution is 5.72. The molecule has 8 heteroatoms. The number of fused-ring (bicyclic) bond motifs is 1. The molecule has 7 nitrogen and oxygen atoms in total. The molecule has 28 heavy (non-hydrogen) atoms. The van der Waals surface area contributed by atoms with Crippen LogP contribution in [0.1, 0.15) is 50.2 Å². The van der Waals surface area contributed by atoms with Crippen molar-refractivity contribution in [3.8, 4) is 0 Å². The minimum atomic E-state index is -0.723. The Hall–Kier alpha value is -2.35. The van der Waals surface area contributed by atoms with Crippen molar-refractivity contribution in [2.75, 3.05) is 23.8 Å². The van der Waals surface area contributed by atoms with Crippen molar-refractivity contribution < 1.29 is 4.39 Å². The van der Waals surface area contributed by atoms with Crippen LogP contribution in [-0.2, 0) is 0 Å². The molecule has 2 unspecified atom stereocenters. The molecule has 0 spiro atoms. The molecular weight excluding hydrogens is 361 g/mol. The number of pyridine rings is 1. The Balaban J connectivity index is 1.88. The van der Waals surface area contributed by atoms with Crippen molar-refractivity contribution in [3.63, 3.8) is 0 Å². The molecule has 4 N–H and O–H groups in total. The van der Waals surface area contributed by atoms with E-state index in [1.165, 1.54) is 10.6 Å². The van der Waals surface area contributed by atoms with Crippen LogP contribution in [0.15, 0.2) is 15.8 Å². The van der Waals surface area contributed by atoms with Crippen LogP contribution in [0.2, 0.25) is 0 Å². The first-order chi connectivity index (χ1) is 13.2. The molecule has 2 fully saturated rings. The van der Waals surface area contributed by atoms with Gasteiger partial charge in [-0.25, -0.2) is 9.18 Å². The minimum absolute atomic E-state index is 0.0583. The topological polar surface area (TPSA) is 98.8 Å². The standard InChI is InChI=1S/C20H28FN5O2/c1-10(2)16(22)13-6-7-24(8-13)17-11(3)18-15(12-4-5-12)19(27)26(23)20(28)25(18)9-14(17)21/h9-10,12-13,16H,4-8,22-23H2,1-3H3. The third kappa shape index (κ3) is 2.82. The monoisotopic (exact) mass is 389 g/mol. The van der Waals surface area contributed by atoms with E-state index >= 15 is 4.39 Å². The fraction of sp³-hybridized carbons (Fsp3) is 0.600. The van der Waals surface area contributed by atoms with E-state index in [-0.39, 0.29) is 17.9 Å². The highest BCUT2D eigenvalue weighted by atomic mass is 19.1. The second-order valence-corrected chi connectivity index (χ2v) is 8.63. The summed E-state index contributed by atoms with van der Waals surface area (Å²) in [5, 5.41) is 0. The van der Waals surface area contributed by atoms with Gasteiger partial charge in [-0.2, -0.15) is 4.68 Å². The lowest BCUT2D eigenvalue weighted by molar-refractivity contribution is 0.365. The summed E-state index contributed by atoms with van der Waals surface area (Å²) in [6.07, 6.45) is 3.83. The van der Waals surface area contributed by atoms with E-state index in [0.717, 1.165) is 19.3 Å². The van der Waals surface area contributed by atoms with Gasteiger partial charge in [0.25, 0.3) is 5.56 Å². The summed E-state index contributed by atoms with van der Waals surface area (Å²) in [5.74, 6) is 5.92. The fourth-order valence-corrected chi connectivity index (χ4v) is 4.60. The largest absolute Gasteiger partial charge is 0.368 e. The molecule has 2 aromatic heterocycles. The van der Waals surface area contributed by atoms with Crippen molar-refractivity contribution in [1.82, 2.24) is 9.08 Å². The van der Waals surface area contributed by atoms with Crippen molar-refractivity contribution >= 4 is 11.2 Å². The number of hydrogen-bond acceptors (Lipinski definition) is 5. The highest BCUT2D eigenvalue weighted by Gasteiger charge is 2.34. The number of hydrogen-bond donors (Lipinski definition) is 2. The number of rotatable bonds is 4. The summed E-state index contributed by atoms with van der Waals surface area (Å²) in [5.41, 5.74) is 7.25. The first-order valence-corrected chi connectivity index (χ1v) is 9.98. The van der Waals surface area contributed by atoms with Gasteiger partial charge >= 0.3 is 5.69 Å². The zero-order valence-electron chi connectivity index (χ0n) is 16.6. The number of aromatic nitrogens is 2. The summed E-state index contributed by atoms with van der Waals surface area (Å²) in [6.45, 7) is 7.36. The van der Waals surface area contributed by atoms with Crippen LogP contribution in [0.4, 0.5) is 10.1 Å². The predicted molar refractivity (Wildman–Crippen MR) is 108 cm³/mol. The third-order valence-electron chi connectivity index (χ3n) is 6.38. The Kier molecular flexibility index (Phi) is 4.49. The third-order valence-corrected chi connectivity index (χ3v) is 6.38. The minimum Gasteiger partial charge on any atom is -0.368 e. The lowest BCUT2D eigenvalue weighted by Crippen LogP contribution is -2.44. The summed E-state index contributed by atoms with van der Waals surface area (Å²) in [6, 6.07) is 0.0583. The Morgan fingerprint density at radius 1 is 1.21 bits per heavy atom. The highest BCUT2D eigenvalue weighted by Crippen LogP contribution is 2.42. The molecule has 1 saturated carbocycles. The molecule has 1 aliphatic heterocycles. The molecule has 2 aromatic rings. The quantitative estimate of drug-likeness (QED) is 0.768. The van der Waals surface area contributed by atoms with Gasteiger partial charge in [0, 0.05) is 30.3 Å². The Labute approximate surface area is 162 Å².